The minimum atomic E-state index is 0.932. The van der Waals surface area contributed by atoms with Crippen LogP contribution in [0.2, 0.25) is 0 Å². The Labute approximate surface area is 72.4 Å². The normalized spacial score (nSPS) is 18.4. The van der Waals surface area contributed by atoms with E-state index in [0.717, 1.165) is 22.6 Å². The summed E-state index contributed by atoms with van der Waals surface area (Å²) in [5.41, 5.74) is 1.41. The summed E-state index contributed by atoms with van der Waals surface area (Å²) < 4.78 is 0. The van der Waals surface area contributed by atoms with Crippen LogP contribution in [0.25, 0.3) is 0 Å². The number of rotatable bonds is 1. The molecule has 10 heavy (non-hydrogen) atoms. The standard InChI is InChI=1S/C8H10S2/c1-2-6-3-4-7(9)8(10)5-6/h3-4,9H,2,5H2,1H3. The van der Waals surface area contributed by atoms with E-state index in [4.69, 9.17) is 12.2 Å². The third-order valence-corrected chi connectivity index (χ3v) is 2.54. The van der Waals surface area contributed by atoms with E-state index >= 15 is 0 Å². The van der Waals surface area contributed by atoms with Gasteiger partial charge in [0.05, 0.1) is 0 Å². The topological polar surface area (TPSA) is 0 Å². The number of allylic oxidation sites excluding steroid dienone is 4. The van der Waals surface area contributed by atoms with Crippen molar-refractivity contribution in [3.63, 3.8) is 0 Å². The molecule has 0 aliphatic heterocycles. The average Bonchev–Trinajstić information content (AvgIpc) is 1.95. The average molecular weight is 170 g/mol. The molecule has 0 bridgehead atoms. The van der Waals surface area contributed by atoms with Gasteiger partial charge in [-0.05, 0) is 12.5 Å². The van der Waals surface area contributed by atoms with Crippen LogP contribution in [0.1, 0.15) is 19.8 Å². The van der Waals surface area contributed by atoms with E-state index in [1.54, 1.807) is 0 Å². The molecule has 0 atom stereocenters. The zero-order chi connectivity index (χ0) is 7.56. The van der Waals surface area contributed by atoms with Crippen LogP contribution < -0.4 is 0 Å². The first-order valence-electron chi connectivity index (χ1n) is 3.36. The van der Waals surface area contributed by atoms with Crippen LogP contribution in [0.5, 0.6) is 0 Å². The van der Waals surface area contributed by atoms with Crippen LogP contribution in [0.4, 0.5) is 0 Å². The summed E-state index contributed by atoms with van der Waals surface area (Å²) in [5.74, 6) is 0. The Hall–Kier alpha value is -0.0800. The highest BCUT2D eigenvalue weighted by molar-refractivity contribution is 7.90. The fourth-order valence-electron chi connectivity index (χ4n) is 0.888. The van der Waals surface area contributed by atoms with E-state index in [2.05, 4.69) is 25.6 Å². The van der Waals surface area contributed by atoms with Crippen molar-refractivity contribution in [1.29, 1.82) is 0 Å². The molecule has 0 unspecified atom stereocenters. The summed E-state index contributed by atoms with van der Waals surface area (Å²) in [6, 6.07) is 0. The van der Waals surface area contributed by atoms with Crippen molar-refractivity contribution in [2.75, 3.05) is 0 Å². The van der Waals surface area contributed by atoms with Crippen LogP contribution in [-0.4, -0.2) is 4.86 Å². The van der Waals surface area contributed by atoms with Crippen molar-refractivity contribution in [2.24, 2.45) is 0 Å². The molecule has 0 amide bonds. The van der Waals surface area contributed by atoms with Gasteiger partial charge in [0.1, 0.15) is 0 Å². The molecule has 1 aliphatic rings. The highest BCUT2D eigenvalue weighted by Gasteiger charge is 2.06. The highest BCUT2D eigenvalue weighted by atomic mass is 32.1. The second-order valence-electron chi connectivity index (χ2n) is 2.33. The highest BCUT2D eigenvalue weighted by Crippen LogP contribution is 2.20. The van der Waals surface area contributed by atoms with Crippen LogP contribution in [0.15, 0.2) is 22.6 Å². The Morgan fingerprint density at radius 1 is 1.60 bits per heavy atom. The molecule has 0 heterocycles. The van der Waals surface area contributed by atoms with E-state index in [1.807, 2.05) is 6.08 Å². The lowest BCUT2D eigenvalue weighted by molar-refractivity contribution is 1.06. The number of hydrogen-bond acceptors (Lipinski definition) is 2. The van der Waals surface area contributed by atoms with Gasteiger partial charge in [0, 0.05) is 16.2 Å². The van der Waals surface area contributed by atoms with Crippen molar-refractivity contribution in [1.82, 2.24) is 0 Å². The van der Waals surface area contributed by atoms with Gasteiger partial charge in [0.25, 0.3) is 0 Å². The maximum Gasteiger partial charge on any atom is 0.0325 e. The molecule has 1 aliphatic carbocycles. The van der Waals surface area contributed by atoms with Crippen molar-refractivity contribution in [3.05, 3.63) is 22.6 Å². The summed E-state index contributed by atoms with van der Waals surface area (Å²) in [4.78, 5) is 1.93. The van der Waals surface area contributed by atoms with Crippen molar-refractivity contribution in [3.8, 4) is 0 Å². The molecular formula is C8H10S2. The molecule has 0 aromatic carbocycles. The number of hydrogen-bond donors (Lipinski definition) is 1. The maximum absolute atomic E-state index is 5.09. The van der Waals surface area contributed by atoms with Gasteiger partial charge in [0.15, 0.2) is 0 Å². The molecular weight excluding hydrogens is 160 g/mol. The van der Waals surface area contributed by atoms with Gasteiger partial charge < -0.3 is 0 Å². The summed E-state index contributed by atoms with van der Waals surface area (Å²) in [7, 11) is 0. The molecule has 0 aromatic rings. The molecule has 0 fully saturated rings. The van der Waals surface area contributed by atoms with Crippen molar-refractivity contribution in [2.45, 2.75) is 19.8 Å². The summed E-state index contributed by atoms with van der Waals surface area (Å²) in [6.07, 6.45) is 6.12. The minimum Gasteiger partial charge on any atom is -0.142 e. The smallest absolute Gasteiger partial charge is 0.0325 e. The van der Waals surface area contributed by atoms with E-state index in [1.165, 1.54) is 5.57 Å². The fraction of sp³-hybridized carbons (Fsp3) is 0.375. The van der Waals surface area contributed by atoms with E-state index in [0.29, 0.717) is 0 Å². The maximum atomic E-state index is 5.09. The summed E-state index contributed by atoms with van der Waals surface area (Å²) in [5, 5.41) is 0. The number of thiocarbonyl (C=S) groups is 1. The molecule has 0 saturated heterocycles. The predicted octanol–water partition coefficient (Wildman–Crippen LogP) is 2.91. The lowest BCUT2D eigenvalue weighted by atomic mass is 10.0. The third-order valence-electron chi connectivity index (χ3n) is 1.60. The first-order valence-corrected chi connectivity index (χ1v) is 4.21. The molecule has 2 heteroatoms. The minimum absolute atomic E-state index is 0.932. The second kappa shape index (κ2) is 3.35. The quantitative estimate of drug-likeness (QED) is 0.466. The van der Waals surface area contributed by atoms with Crippen LogP contribution >= 0.6 is 24.8 Å². The van der Waals surface area contributed by atoms with Gasteiger partial charge in [-0.1, -0.05) is 30.8 Å². The van der Waals surface area contributed by atoms with Gasteiger partial charge in [-0.25, -0.2) is 0 Å². The Morgan fingerprint density at radius 3 is 2.80 bits per heavy atom. The lowest BCUT2D eigenvalue weighted by Gasteiger charge is -2.09. The molecule has 0 radical (unpaired) electrons. The van der Waals surface area contributed by atoms with Crippen LogP contribution in [0.3, 0.4) is 0 Å². The van der Waals surface area contributed by atoms with Gasteiger partial charge in [-0.15, -0.1) is 12.6 Å². The Balaban J connectivity index is 2.78. The number of thiol groups is 1. The van der Waals surface area contributed by atoms with Crippen LogP contribution in [0, 0.1) is 0 Å². The zero-order valence-electron chi connectivity index (χ0n) is 5.92. The summed E-state index contributed by atoms with van der Waals surface area (Å²) in [6.45, 7) is 2.14. The van der Waals surface area contributed by atoms with Crippen LogP contribution in [-0.2, 0) is 0 Å². The molecule has 54 valence electrons. The Morgan fingerprint density at radius 2 is 2.30 bits per heavy atom. The van der Waals surface area contributed by atoms with Gasteiger partial charge >= 0.3 is 0 Å². The monoisotopic (exact) mass is 170 g/mol. The van der Waals surface area contributed by atoms with Crippen molar-refractivity contribution >= 4 is 29.7 Å². The van der Waals surface area contributed by atoms with Crippen molar-refractivity contribution < 1.29 is 0 Å². The molecule has 0 N–H and O–H groups in total. The largest absolute Gasteiger partial charge is 0.142 e. The molecule has 0 aromatic heterocycles. The SMILES string of the molecule is CCC1=CC=C(S)C(=S)C1. The zero-order valence-corrected chi connectivity index (χ0v) is 7.64. The summed E-state index contributed by atoms with van der Waals surface area (Å²) >= 11 is 9.30. The third kappa shape index (κ3) is 1.70. The Kier molecular flexibility index (Phi) is 2.69. The first-order chi connectivity index (χ1) is 4.74. The predicted molar refractivity (Wildman–Crippen MR) is 52.7 cm³/mol. The van der Waals surface area contributed by atoms with Gasteiger partial charge in [-0.2, -0.15) is 0 Å². The lowest BCUT2D eigenvalue weighted by Crippen LogP contribution is -2.00. The fourth-order valence-corrected chi connectivity index (χ4v) is 1.30. The molecule has 0 spiro atoms. The molecule has 0 nitrogen and oxygen atoms in total. The second-order valence-corrected chi connectivity index (χ2v) is 3.30. The Bertz CT molecular complexity index is 211. The molecule has 0 saturated carbocycles. The van der Waals surface area contributed by atoms with E-state index < -0.39 is 0 Å². The molecule has 1 rings (SSSR count). The van der Waals surface area contributed by atoms with Gasteiger partial charge in [0.2, 0.25) is 0 Å². The van der Waals surface area contributed by atoms with E-state index in [-0.39, 0.29) is 0 Å². The van der Waals surface area contributed by atoms with E-state index in [9.17, 15) is 0 Å². The van der Waals surface area contributed by atoms with Gasteiger partial charge in [-0.3, -0.25) is 0 Å². The first kappa shape index (κ1) is 8.02.